The molecule has 0 saturated carbocycles. The number of rotatable bonds is 5. The summed E-state index contributed by atoms with van der Waals surface area (Å²) in [5.74, 6) is 2.43. The molecule has 8 nitrogen and oxygen atoms in total. The van der Waals surface area contributed by atoms with Crippen LogP contribution in [0.4, 0.5) is 0 Å². The van der Waals surface area contributed by atoms with E-state index in [0.717, 1.165) is 11.4 Å². The molecule has 0 unspecified atom stereocenters. The molecule has 23 heavy (non-hydrogen) atoms. The lowest BCUT2D eigenvalue weighted by atomic mass is 10.2. The van der Waals surface area contributed by atoms with Gasteiger partial charge in [-0.15, -0.1) is 0 Å². The number of phenols is 1. The fourth-order valence-electron chi connectivity index (χ4n) is 2.14. The van der Waals surface area contributed by atoms with E-state index in [2.05, 4.69) is 20.4 Å². The second-order valence-corrected chi connectivity index (χ2v) is 5.05. The van der Waals surface area contributed by atoms with E-state index in [1.54, 1.807) is 37.0 Å². The number of aliphatic imine (C=N–C) groups is 1. The van der Waals surface area contributed by atoms with Crippen LogP contribution in [0.2, 0.25) is 0 Å². The van der Waals surface area contributed by atoms with Gasteiger partial charge in [0, 0.05) is 33.3 Å². The highest BCUT2D eigenvalue weighted by Crippen LogP contribution is 2.22. The number of aromatic nitrogens is 3. The van der Waals surface area contributed by atoms with E-state index in [-0.39, 0.29) is 5.75 Å². The van der Waals surface area contributed by atoms with Crippen LogP contribution in [0, 0.1) is 0 Å². The van der Waals surface area contributed by atoms with E-state index in [0.29, 0.717) is 24.8 Å². The number of benzene rings is 1. The van der Waals surface area contributed by atoms with Crippen LogP contribution in [0.3, 0.4) is 0 Å². The number of hydrogen-bond acceptors (Lipinski definition) is 5. The smallest absolute Gasteiger partial charge is 0.194 e. The molecule has 0 radical (unpaired) electrons. The van der Waals surface area contributed by atoms with Gasteiger partial charge in [-0.25, -0.2) is 4.98 Å². The minimum Gasteiger partial charge on any atom is -0.508 e. The van der Waals surface area contributed by atoms with Crippen LogP contribution in [0.1, 0.15) is 11.4 Å². The Hall–Kier alpha value is -2.77. The average Bonchev–Trinajstić information content (AvgIpc) is 2.94. The molecule has 0 fully saturated rings. The molecule has 1 aromatic heterocycles. The van der Waals surface area contributed by atoms with E-state index in [1.165, 1.54) is 6.33 Å². The predicted octanol–water partition coefficient (Wildman–Crippen LogP) is 0.737. The summed E-state index contributed by atoms with van der Waals surface area (Å²) in [5.41, 5.74) is 0.734. The molecule has 2 N–H and O–H groups in total. The molecule has 0 saturated heterocycles. The molecule has 2 rings (SSSR count). The highest BCUT2D eigenvalue weighted by Gasteiger charge is 2.11. The Balaban J connectivity index is 2.01. The van der Waals surface area contributed by atoms with Crippen molar-refractivity contribution in [2.75, 3.05) is 21.2 Å². The van der Waals surface area contributed by atoms with Gasteiger partial charge < -0.3 is 20.1 Å². The van der Waals surface area contributed by atoms with Gasteiger partial charge >= 0.3 is 0 Å². The molecular weight excluding hydrogens is 296 g/mol. The lowest BCUT2D eigenvalue weighted by Gasteiger charge is -2.21. The number of nitrogens with zero attached hydrogens (tertiary/aromatic N) is 5. The number of phenolic OH excluding ortho intramolecular Hbond substituents is 1. The highest BCUT2D eigenvalue weighted by molar-refractivity contribution is 5.79. The van der Waals surface area contributed by atoms with Crippen molar-refractivity contribution in [3.8, 4) is 11.5 Å². The summed E-state index contributed by atoms with van der Waals surface area (Å²) in [4.78, 5) is 10.4. The zero-order valence-corrected chi connectivity index (χ0v) is 13.8. The Labute approximate surface area is 135 Å². The van der Waals surface area contributed by atoms with Gasteiger partial charge in [-0.3, -0.25) is 9.67 Å². The maximum Gasteiger partial charge on any atom is 0.194 e. The fraction of sp³-hybridized carbons (Fsp3) is 0.400. The average molecular weight is 318 g/mol. The second-order valence-electron chi connectivity index (χ2n) is 5.05. The van der Waals surface area contributed by atoms with E-state index in [1.807, 2.05) is 19.0 Å². The molecule has 1 heterocycles. The highest BCUT2D eigenvalue weighted by atomic mass is 16.5. The summed E-state index contributed by atoms with van der Waals surface area (Å²) >= 11 is 0. The van der Waals surface area contributed by atoms with Crippen molar-refractivity contribution in [1.82, 2.24) is 25.0 Å². The standard InChI is InChI=1S/C15H22N6O2/c1-16-15(20(2)9-14-18-10-19-21(14)3)17-8-11-7-12(23-4)5-6-13(11)22/h5-7,10,22H,8-9H2,1-4H3,(H,16,17). The van der Waals surface area contributed by atoms with Crippen LogP contribution in [0.25, 0.3) is 0 Å². The maximum absolute atomic E-state index is 9.93. The molecule has 0 aliphatic rings. The van der Waals surface area contributed by atoms with Crippen LogP contribution in [0.5, 0.6) is 11.5 Å². The number of ether oxygens (including phenoxy) is 1. The molecule has 0 aliphatic carbocycles. The molecule has 0 atom stereocenters. The lowest BCUT2D eigenvalue weighted by Crippen LogP contribution is -2.38. The quantitative estimate of drug-likeness (QED) is 0.624. The number of nitrogens with one attached hydrogen (secondary N) is 1. The molecule has 0 spiro atoms. The molecule has 0 aliphatic heterocycles. The first-order valence-electron chi connectivity index (χ1n) is 7.15. The molecular formula is C15H22N6O2. The molecule has 0 bridgehead atoms. The first-order valence-corrected chi connectivity index (χ1v) is 7.15. The van der Waals surface area contributed by atoms with Gasteiger partial charge in [0.05, 0.1) is 13.7 Å². The van der Waals surface area contributed by atoms with E-state index < -0.39 is 0 Å². The monoisotopic (exact) mass is 318 g/mol. The molecule has 124 valence electrons. The van der Waals surface area contributed by atoms with Crippen molar-refractivity contribution < 1.29 is 9.84 Å². The maximum atomic E-state index is 9.93. The lowest BCUT2D eigenvalue weighted by molar-refractivity contribution is 0.410. The van der Waals surface area contributed by atoms with E-state index >= 15 is 0 Å². The molecule has 0 amide bonds. The van der Waals surface area contributed by atoms with Gasteiger partial charge in [0.1, 0.15) is 23.7 Å². The third-order valence-corrected chi connectivity index (χ3v) is 3.48. The minimum absolute atomic E-state index is 0.213. The van der Waals surface area contributed by atoms with Crippen LogP contribution in [0.15, 0.2) is 29.5 Å². The number of methoxy groups -OCH3 is 1. The largest absolute Gasteiger partial charge is 0.508 e. The van der Waals surface area contributed by atoms with E-state index in [9.17, 15) is 5.11 Å². The van der Waals surface area contributed by atoms with Gasteiger partial charge in [-0.05, 0) is 18.2 Å². The second kappa shape index (κ2) is 7.48. The first kappa shape index (κ1) is 16.6. The normalized spacial score (nSPS) is 11.4. The summed E-state index contributed by atoms with van der Waals surface area (Å²) in [6.45, 7) is 0.999. The number of aromatic hydroxyl groups is 1. The third-order valence-electron chi connectivity index (χ3n) is 3.48. The van der Waals surface area contributed by atoms with Crippen molar-refractivity contribution in [3.63, 3.8) is 0 Å². The van der Waals surface area contributed by atoms with E-state index in [4.69, 9.17) is 4.74 Å². The molecule has 2 aromatic rings. The topological polar surface area (TPSA) is 87.8 Å². The fourth-order valence-corrected chi connectivity index (χ4v) is 2.14. The number of hydrogen-bond donors (Lipinski definition) is 2. The zero-order chi connectivity index (χ0) is 16.8. The van der Waals surface area contributed by atoms with Gasteiger partial charge in [0.25, 0.3) is 0 Å². The summed E-state index contributed by atoms with van der Waals surface area (Å²) in [7, 11) is 7.06. The van der Waals surface area contributed by atoms with Crippen molar-refractivity contribution in [1.29, 1.82) is 0 Å². The van der Waals surface area contributed by atoms with Gasteiger partial charge in [0.2, 0.25) is 0 Å². The summed E-state index contributed by atoms with van der Waals surface area (Å²) in [6.07, 6.45) is 1.52. The van der Waals surface area contributed by atoms with Gasteiger partial charge in [0.15, 0.2) is 5.96 Å². The van der Waals surface area contributed by atoms with Crippen molar-refractivity contribution >= 4 is 5.96 Å². The SMILES string of the molecule is CN=C(NCc1cc(OC)ccc1O)N(C)Cc1ncnn1C. The van der Waals surface area contributed by atoms with Gasteiger partial charge in [-0.1, -0.05) is 0 Å². The Morgan fingerprint density at radius 1 is 1.48 bits per heavy atom. The van der Waals surface area contributed by atoms with Crippen molar-refractivity contribution in [2.24, 2.45) is 12.0 Å². The van der Waals surface area contributed by atoms with Crippen molar-refractivity contribution in [2.45, 2.75) is 13.1 Å². The Morgan fingerprint density at radius 2 is 2.26 bits per heavy atom. The van der Waals surface area contributed by atoms with Crippen LogP contribution in [-0.4, -0.2) is 51.9 Å². The first-order chi connectivity index (χ1) is 11.0. The summed E-state index contributed by atoms with van der Waals surface area (Å²) < 4.78 is 6.90. The Bertz CT molecular complexity index is 682. The number of guanidine groups is 1. The summed E-state index contributed by atoms with van der Waals surface area (Å²) in [5, 5.41) is 17.2. The van der Waals surface area contributed by atoms with Crippen molar-refractivity contribution in [3.05, 3.63) is 35.9 Å². The zero-order valence-electron chi connectivity index (χ0n) is 13.8. The Morgan fingerprint density at radius 3 is 2.87 bits per heavy atom. The predicted molar refractivity (Wildman–Crippen MR) is 87.3 cm³/mol. The molecule has 1 aromatic carbocycles. The van der Waals surface area contributed by atoms with Crippen LogP contribution >= 0.6 is 0 Å². The summed E-state index contributed by atoms with van der Waals surface area (Å²) in [6, 6.07) is 5.12. The number of aryl methyl sites for hydroxylation is 1. The van der Waals surface area contributed by atoms with Crippen LogP contribution in [-0.2, 0) is 20.1 Å². The van der Waals surface area contributed by atoms with Crippen LogP contribution < -0.4 is 10.1 Å². The molecule has 8 heteroatoms. The third kappa shape index (κ3) is 4.12. The van der Waals surface area contributed by atoms with Gasteiger partial charge in [-0.2, -0.15) is 5.10 Å². The minimum atomic E-state index is 0.213. The Kier molecular flexibility index (Phi) is 5.40.